The van der Waals surface area contributed by atoms with Gasteiger partial charge in [-0.05, 0) is 42.0 Å². The predicted octanol–water partition coefficient (Wildman–Crippen LogP) is 4.82. The van der Waals surface area contributed by atoms with Gasteiger partial charge in [0.2, 0.25) is 11.0 Å². The number of nitrogens with zero attached hydrogens (tertiary/aromatic N) is 3. The Kier molecular flexibility index (Phi) is 8.81. The van der Waals surface area contributed by atoms with Crippen molar-refractivity contribution in [1.29, 1.82) is 0 Å². The van der Waals surface area contributed by atoms with Gasteiger partial charge in [0.05, 0.1) is 24.8 Å². The van der Waals surface area contributed by atoms with E-state index in [1.54, 1.807) is 0 Å². The van der Waals surface area contributed by atoms with Gasteiger partial charge in [-0.15, -0.1) is 10.2 Å². The van der Waals surface area contributed by atoms with Crippen LogP contribution >= 0.6 is 23.1 Å². The number of ether oxygens (including phenoxy) is 2. The standard InChI is InChI=1S/C25H23FN4O5S3/c1-34-21-13-12-20(14-22(21)35-2)38(32,33)30(19-10-8-18(26)9-11-19)15-23(31)27-24-28-29-25(37-24)36-16-17-6-4-3-5-7-17/h3-14H,15-16H2,1-2H3,(H,27,28,31). The quantitative estimate of drug-likeness (QED) is 0.201. The minimum atomic E-state index is -4.27. The van der Waals surface area contributed by atoms with E-state index in [2.05, 4.69) is 15.5 Å². The minimum absolute atomic E-state index is 0.104. The first-order valence-electron chi connectivity index (χ1n) is 11.1. The van der Waals surface area contributed by atoms with Crippen molar-refractivity contribution in [2.45, 2.75) is 15.0 Å². The van der Waals surface area contributed by atoms with Gasteiger partial charge in [0.15, 0.2) is 15.8 Å². The average molecular weight is 575 g/mol. The van der Waals surface area contributed by atoms with E-state index in [0.717, 1.165) is 22.0 Å². The van der Waals surface area contributed by atoms with Gasteiger partial charge in [0.25, 0.3) is 10.0 Å². The second-order valence-corrected chi connectivity index (χ2v) is 11.8. The first kappa shape index (κ1) is 27.4. The number of hydrogen-bond donors (Lipinski definition) is 1. The molecule has 0 fully saturated rings. The fourth-order valence-electron chi connectivity index (χ4n) is 3.35. The summed E-state index contributed by atoms with van der Waals surface area (Å²) in [5.74, 6) is 0.0390. The van der Waals surface area contributed by atoms with Gasteiger partial charge in [-0.25, -0.2) is 12.8 Å². The lowest BCUT2D eigenvalue weighted by atomic mass is 10.2. The molecule has 1 aromatic heterocycles. The number of nitrogens with one attached hydrogen (secondary N) is 1. The highest BCUT2D eigenvalue weighted by Gasteiger charge is 2.29. The van der Waals surface area contributed by atoms with Crippen LogP contribution in [0.1, 0.15) is 5.56 Å². The molecule has 0 spiro atoms. The number of benzene rings is 3. The number of thioether (sulfide) groups is 1. The van der Waals surface area contributed by atoms with Crippen LogP contribution in [0.5, 0.6) is 11.5 Å². The van der Waals surface area contributed by atoms with Crippen molar-refractivity contribution < 1.29 is 27.1 Å². The number of methoxy groups -OCH3 is 2. The highest BCUT2D eigenvalue weighted by atomic mass is 32.2. The molecule has 4 aromatic rings. The summed E-state index contributed by atoms with van der Waals surface area (Å²) in [5.41, 5.74) is 1.22. The third-order valence-electron chi connectivity index (χ3n) is 5.20. The first-order chi connectivity index (χ1) is 18.3. The zero-order chi connectivity index (χ0) is 27.1. The summed E-state index contributed by atoms with van der Waals surface area (Å²) in [6, 6.07) is 18.7. The lowest BCUT2D eigenvalue weighted by Crippen LogP contribution is -2.38. The number of carbonyl (C=O) groups excluding carboxylic acids is 1. The summed E-state index contributed by atoms with van der Waals surface area (Å²) in [4.78, 5) is 12.8. The Morgan fingerprint density at radius 2 is 1.71 bits per heavy atom. The highest BCUT2D eigenvalue weighted by molar-refractivity contribution is 8.00. The van der Waals surface area contributed by atoms with Crippen LogP contribution in [0.2, 0.25) is 0 Å². The largest absolute Gasteiger partial charge is 0.493 e. The molecule has 0 unspecified atom stereocenters. The van der Waals surface area contributed by atoms with Crippen LogP contribution in [0.25, 0.3) is 0 Å². The number of amides is 1. The molecule has 3 aromatic carbocycles. The number of hydrogen-bond acceptors (Lipinski definition) is 9. The van der Waals surface area contributed by atoms with Crippen molar-refractivity contribution in [1.82, 2.24) is 10.2 Å². The summed E-state index contributed by atoms with van der Waals surface area (Å²) in [5, 5.41) is 10.9. The van der Waals surface area contributed by atoms with Gasteiger partial charge >= 0.3 is 0 Å². The average Bonchev–Trinajstić information content (AvgIpc) is 3.38. The zero-order valence-corrected chi connectivity index (χ0v) is 22.8. The van der Waals surface area contributed by atoms with Crippen molar-refractivity contribution in [3.8, 4) is 11.5 Å². The molecule has 0 saturated carbocycles. The monoisotopic (exact) mass is 574 g/mol. The van der Waals surface area contributed by atoms with E-state index in [4.69, 9.17) is 9.47 Å². The van der Waals surface area contributed by atoms with E-state index in [0.29, 0.717) is 15.8 Å². The summed E-state index contributed by atoms with van der Waals surface area (Å²) in [6.07, 6.45) is 0. The molecule has 1 amide bonds. The molecular formula is C25H23FN4O5S3. The maximum Gasteiger partial charge on any atom is 0.264 e. The fraction of sp³-hybridized carbons (Fsp3) is 0.160. The lowest BCUT2D eigenvalue weighted by Gasteiger charge is -2.24. The van der Waals surface area contributed by atoms with Gasteiger partial charge < -0.3 is 9.47 Å². The van der Waals surface area contributed by atoms with Crippen molar-refractivity contribution >= 4 is 49.8 Å². The number of rotatable bonds is 11. The summed E-state index contributed by atoms with van der Waals surface area (Å²) < 4.78 is 52.8. The molecule has 9 nitrogen and oxygen atoms in total. The summed E-state index contributed by atoms with van der Waals surface area (Å²) in [6.45, 7) is -0.589. The zero-order valence-electron chi connectivity index (χ0n) is 20.3. The van der Waals surface area contributed by atoms with Crippen molar-refractivity contribution in [2.75, 3.05) is 30.4 Å². The molecule has 198 valence electrons. The number of carbonyl (C=O) groups is 1. The molecule has 0 aliphatic carbocycles. The Bertz CT molecular complexity index is 1500. The van der Waals surface area contributed by atoms with Gasteiger partial charge in [-0.1, -0.05) is 53.4 Å². The van der Waals surface area contributed by atoms with Crippen LogP contribution in [0.4, 0.5) is 15.2 Å². The SMILES string of the molecule is COc1ccc(S(=O)(=O)N(CC(=O)Nc2nnc(SCc3ccccc3)s2)c2ccc(F)cc2)cc1OC. The second kappa shape index (κ2) is 12.2. The smallest absolute Gasteiger partial charge is 0.264 e. The van der Waals surface area contributed by atoms with Crippen molar-refractivity contribution in [2.24, 2.45) is 0 Å². The number of halogens is 1. The normalized spacial score (nSPS) is 11.1. The van der Waals surface area contributed by atoms with E-state index in [-0.39, 0.29) is 21.5 Å². The summed E-state index contributed by atoms with van der Waals surface area (Å²) in [7, 11) is -1.45. The molecular weight excluding hydrogens is 551 g/mol. The maximum absolute atomic E-state index is 13.6. The fourth-order valence-corrected chi connectivity index (χ4v) is 6.51. The van der Waals surface area contributed by atoms with E-state index >= 15 is 0 Å². The third kappa shape index (κ3) is 6.60. The Hall–Kier alpha value is -3.68. The molecule has 0 bridgehead atoms. The topological polar surface area (TPSA) is 111 Å². The molecule has 0 atom stereocenters. The van der Waals surface area contributed by atoms with Crippen LogP contribution in [-0.2, 0) is 20.6 Å². The molecule has 38 heavy (non-hydrogen) atoms. The minimum Gasteiger partial charge on any atom is -0.493 e. The molecule has 13 heteroatoms. The molecule has 0 aliphatic rings. The van der Waals surface area contributed by atoms with Gasteiger partial charge in [0, 0.05) is 11.8 Å². The van der Waals surface area contributed by atoms with Crippen molar-refractivity contribution in [3.63, 3.8) is 0 Å². The van der Waals surface area contributed by atoms with Gasteiger partial charge in [-0.3, -0.25) is 14.4 Å². The number of aromatic nitrogens is 2. The Morgan fingerprint density at radius 1 is 1.00 bits per heavy atom. The van der Waals surface area contributed by atoms with Crippen LogP contribution in [0, 0.1) is 5.82 Å². The number of anilines is 2. The Balaban J connectivity index is 1.53. The lowest BCUT2D eigenvalue weighted by molar-refractivity contribution is -0.114. The molecule has 0 aliphatic heterocycles. The van der Waals surface area contributed by atoms with E-state index in [1.807, 2.05) is 30.3 Å². The highest BCUT2D eigenvalue weighted by Crippen LogP contribution is 2.33. The van der Waals surface area contributed by atoms with Crippen LogP contribution in [0.15, 0.2) is 82.0 Å². The molecule has 0 saturated heterocycles. The van der Waals surface area contributed by atoms with Crippen LogP contribution in [0.3, 0.4) is 0 Å². The summed E-state index contributed by atoms with van der Waals surface area (Å²) >= 11 is 2.65. The molecule has 1 heterocycles. The van der Waals surface area contributed by atoms with Crippen LogP contribution in [-0.4, -0.2) is 45.3 Å². The Morgan fingerprint density at radius 3 is 2.39 bits per heavy atom. The predicted molar refractivity (Wildman–Crippen MR) is 145 cm³/mol. The molecule has 4 rings (SSSR count). The molecule has 0 radical (unpaired) electrons. The van der Waals surface area contributed by atoms with Crippen LogP contribution < -0.4 is 19.1 Å². The van der Waals surface area contributed by atoms with E-state index in [9.17, 15) is 17.6 Å². The third-order valence-corrected chi connectivity index (χ3v) is 9.02. The van der Waals surface area contributed by atoms with Crippen molar-refractivity contribution in [3.05, 3.63) is 84.2 Å². The maximum atomic E-state index is 13.6. The molecule has 1 N–H and O–H groups in total. The van der Waals surface area contributed by atoms with E-state index < -0.39 is 28.3 Å². The van der Waals surface area contributed by atoms with E-state index in [1.165, 1.54) is 67.7 Å². The first-order valence-corrected chi connectivity index (χ1v) is 14.3. The van der Waals surface area contributed by atoms with Gasteiger partial charge in [0.1, 0.15) is 12.4 Å². The Labute approximate surface area is 227 Å². The van der Waals surface area contributed by atoms with Gasteiger partial charge in [-0.2, -0.15) is 0 Å². The second-order valence-electron chi connectivity index (χ2n) is 7.70. The number of sulfonamides is 1.